The Morgan fingerprint density at radius 2 is 2.04 bits per heavy atom. The first kappa shape index (κ1) is 21.4. The smallest absolute Gasteiger partial charge is 0.356 e. The minimum Gasteiger partial charge on any atom is -0.461 e. The van der Waals surface area contributed by atoms with Gasteiger partial charge in [0.25, 0.3) is 5.91 Å². The van der Waals surface area contributed by atoms with Gasteiger partial charge in [0.05, 0.1) is 12.3 Å². The number of aromatic nitrogens is 1. The highest BCUT2D eigenvalue weighted by molar-refractivity contribution is 6.31. The van der Waals surface area contributed by atoms with E-state index in [2.05, 4.69) is 16.8 Å². The number of nitrogens with zero attached hydrogens (tertiary/aromatic N) is 2. The molecule has 0 aliphatic rings. The zero-order valence-electron chi connectivity index (χ0n) is 15.9. The van der Waals surface area contributed by atoms with Gasteiger partial charge in [0.2, 0.25) is 0 Å². The van der Waals surface area contributed by atoms with Gasteiger partial charge < -0.3 is 14.7 Å². The van der Waals surface area contributed by atoms with E-state index in [1.807, 2.05) is 6.92 Å². The van der Waals surface area contributed by atoms with E-state index in [0.29, 0.717) is 28.4 Å². The van der Waals surface area contributed by atoms with E-state index in [-0.39, 0.29) is 12.3 Å². The van der Waals surface area contributed by atoms with Crippen LogP contribution in [0.3, 0.4) is 0 Å². The van der Waals surface area contributed by atoms with Crippen molar-refractivity contribution >= 4 is 23.5 Å². The summed E-state index contributed by atoms with van der Waals surface area (Å²) in [5, 5.41) is 10.3. The number of aliphatic hydroxyl groups is 1. The van der Waals surface area contributed by atoms with Crippen LogP contribution < -0.4 is 0 Å². The standard InChI is InChI=1S/C21H21ClN2O4/c1-4-24(3)20(26)19(25)10-9-14-7-6-8-15(11-14)17-12-16(22)13-18(23-17)21(27)28-5-2/h6-8,11-13,19,25H,4-5H2,1-3H3/t19-/m1/s1. The Kier molecular flexibility index (Phi) is 7.56. The topological polar surface area (TPSA) is 79.7 Å². The van der Waals surface area contributed by atoms with Crippen molar-refractivity contribution < 1.29 is 19.4 Å². The van der Waals surface area contributed by atoms with Crippen molar-refractivity contribution in [3.63, 3.8) is 0 Å². The van der Waals surface area contributed by atoms with Crippen LogP contribution in [0, 0.1) is 11.8 Å². The molecule has 1 atom stereocenters. The molecule has 1 N–H and O–H groups in total. The molecule has 0 aliphatic heterocycles. The molecule has 0 bridgehead atoms. The lowest BCUT2D eigenvalue weighted by atomic mass is 10.1. The van der Waals surface area contributed by atoms with E-state index in [4.69, 9.17) is 16.3 Å². The molecular formula is C21H21ClN2O4. The molecule has 2 aromatic rings. The zero-order chi connectivity index (χ0) is 20.7. The number of ether oxygens (including phenoxy) is 1. The Morgan fingerprint density at radius 1 is 1.29 bits per heavy atom. The molecule has 0 spiro atoms. The number of carbonyl (C=O) groups is 2. The molecule has 0 radical (unpaired) electrons. The first-order valence-electron chi connectivity index (χ1n) is 8.75. The summed E-state index contributed by atoms with van der Waals surface area (Å²) in [4.78, 5) is 29.5. The number of hydrogen-bond donors (Lipinski definition) is 1. The molecule has 0 saturated carbocycles. The third kappa shape index (κ3) is 5.56. The maximum Gasteiger partial charge on any atom is 0.356 e. The van der Waals surface area contributed by atoms with Gasteiger partial charge in [-0.15, -0.1) is 0 Å². The fourth-order valence-corrected chi connectivity index (χ4v) is 2.50. The van der Waals surface area contributed by atoms with E-state index < -0.39 is 18.0 Å². The largest absolute Gasteiger partial charge is 0.461 e. The molecule has 6 nitrogen and oxygen atoms in total. The molecule has 146 valence electrons. The molecule has 1 heterocycles. The van der Waals surface area contributed by atoms with E-state index in [9.17, 15) is 14.7 Å². The number of hydrogen-bond acceptors (Lipinski definition) is 5. The van der Waals surface area contributed by atoms with Gasteiger partial charge in [0.1, 0.15) is 0 Å². The number of pyridine rings is 1. The van der Waals surface area contributed by atoms with Crippen molar-refractivity contribution in [2.75, 3.05) is 20.2 Å². The van der Waals surface area contributed by atoms with Gasteiger partial charge in [-0.05, 0) is 38.1 Å². The van der Waals surface area contributed by atoms with Crippen LogP contribution >= 0.6 is 11.6 Å². The fraction of sp³-hybridized carbons (Fsp3) is 0.286. The maximum atomic E-state index is 11.9. The van der Waals surface area contributed by atoms with Crippen molar-refractivity contribution in [3.8, 4) is 23.1 Å². The van der Waals surface area contributed by atoms with Crippen LogP contribution in [-0.2, 0) is 9.53 Å². The summed E-state index contributed by atoms with van der Waals surface area (Å²) in [5.74, 6) is 4.32. The predicted molar refractivity (Wildman–Crippen MR) is 107 cm³/mol. The Labute approximate surface area is 169 Å². The van der Waals surface area contributed by atoms with E-state index in [1.54, 1.807) is 44.3 Å². The summed E-state index contributed by atoms with van der Waals surface area (Å²) in [7, 11) is 1.60. The van der Waals surface area contributed by atoms with Crippen molar-refractivity contribution in [3.05, 3.63) is 52.7 Å². The van der Waals surface area contributed by atoms with Gasteiger partial charge in [-0.3, -0.25) is 4.79 Å². The second-order valence-corrected chi connectivity index (χ2v) is 6.32. The number of halogens is 1. The normalized spacial score (nSPS) is 11.2. The number of esters is 1. The lowest BCUT2D eigenvalue weighted by Gasteiger charge is -2.15. The van der Waals surface area contributed by atoms with Gasteiger partial charge in [-0.2, -0.15) is 0 Å². The molecule has 28 heavy (non-hydrogen) atoms. The van der Waals surface area contributed by atoms with Crippen LogP contribution in [0.2, 0.25) is 5.02 Å². The molecular weight excluding hydrogens is 380 g/mol. The first-order chi connectivity index (χ1) is 13.3. The summed E-state index contributed by atoms with van der Waals surface area (Å²) in [6, 6.07) is 10.1. The predicted octanol–water partition coefficient (Wildman–Crippen LogP) is 2.77. The summed E-state index contributed by atoms with van der Waals surface area (Å²) in [5.41, 5.74) is 1.88. The van der Waals surface area contributed by atoms with Crippen molar-refractivity contribution in [2.24, 2.45) is 0 Å². The Balaban J connectivity index is 2.31. The maximum absolute atomic E-state index is 11.9. The van der Waals surface area contributed by atoms with Crippen LogP contribution in [0.4, 0.5) is 0 Å². The number of carbonyl (C=O) groups excluding carboxylic acids is 2. The van der Waals surface area contributed by atoms with Crippen LogP contribution in [-0.4, -0.2) is 53.2 Å². The molecule has 1 aromatic heterocycles. The highest BCUT2D eigenvalue weighted by Gasteiger charge is 2.15. The lowest BCUT2D eigenvalue weighted by Crippen LogP contribution is -2.35. The number of aliphatic hydroxyl groups excluding tert-OH is 1. The van der Waals surface area contributed by atoms with Crippen LogP contribution in [0.5, 0.6) is 0 Å². The average Bonchev–Trinajstić information content (AvgIpc) is 2.70. The van der Waals surface area contributed by atoms with Crippen LogP contribution in [0.15, 0.2) is 36.4 Å². The number of likely N-dealkylation sites (N-methyl/N-ethyl adjacent to an activating group) is 1. The monoisotopic (exact) mass is 400 g/mol. The lowest BCUT2D eigenvalue weighted by molar-refractivity contribution is -0.135. The molecule has 0 unspecified atom stereocenters. The molecule has 7 heteroatoms. The first-order valence-corrected chi connectivity index (χ1v) is 9.13. The van der Waals surface area contributed by atoms with E-state index >= 15 is 0 Å². The van der Waals surface area contributed by atoms with Gasteiger partial charge in [-0.25, -0.2) is 9.78 Å². The van der Waals surface area contributed by atoms with Gasteiger partial charge >= 0.3 is 5.97 Å². The minimum absolute atomic E-state index is 0.115. The molecule has 1 aromatic carbocycles. The minimum atomic E-state index is -1.40. The van der Waals surface area contributed by atoms with Crippen molar-refractivity contribution in [2.45, 2.75) is 20.0 Å². The Bertz CT molecular complexity index is 933. The van der Waals surface area contributed by atoms with Crippen LogP contribution in [0.25, 0.3) is 11.3 Å². The summed E-state index contributed by atoms with van der Waals surface area (Å²) in [6.45, 7) is 4.24. The molecule has 2 rings (SSSR count). The average molecular weight is 401 g/mol. The molecule has 1 amide bonds. The number of benzene rings is 1. The quantitative estimate of drug-likeness (QED) is 0.616. The molecule has 0 saturated heterocycles. The van der Waals surface area contributed by atoms with Gasteiger partial charge in [0, 0.05) is 29.7 Å². The zero-order valence-corrected chi connectivity index (χ0v) is 16.7. The second kappa shape index (κ2) is 9.88. The number of rotatable bonds is 5. The van der Waals surface area contributed by atoms with E-state index in [1.165, 1.54) is 11.0 Å². The summed E-state index contributed by atoms with van der Waals surface area (Å²) >= 11 is 6.11. The van der Waals surface area contributed by atoms with E-state index in [0.717, 1.165) is 0 Å². The molecule has 0 fully saturated rings. The number of amides is 1. The fourth-order valence-electron chi connectivity index (χ4n) is 2.29. The van der Waals surface area contributed by atoms with Gasteiger partial charge in [-0.1, -0.05) is 35.6 Å². The van der Waals surface area contributed by atoms with Crippen LogP contribution in [0.1, 0.15) is 29.9 Å². The highest BCUT2D eigenvalue weighted by atomic mass is 35.5. The van der Waals surface area contributed by atoms with Gasteiger partial charge in [0.15, 0.2) is 11.8 Å². The third-order valence-electron chi connectivity index (χ3n) is 3.87. The molecule has 0 aliphatic carbocycles. The third-order valence-corrected chi connectivity index (χ3v) is 4.09. The van der Waals surface area contributed by atoms with Crippen molar-refractivity contribution in [1.29, 1.82) is 0 Å². The summed E-state index contributed by atoms with van der Waals surface area (Å²) in [6.07, 6.45) is -1.40. The van der Waals surface area contributed by atoms with Crippen molar-refractivity contribution in [1.82, 2.24) is 9.88 Å². The highest BCUT2D eigenvalue weighted by Crippen LogP contribution is 2.23. The SMILES string of the molecule is CCOC(=O)c1cc(Cl)cc(-c2cccc(C#C[C@@H](O)C(=O)N(C)CC)c2)n1. The Hall–Kier alpha value is -2.88. The Morgan fingerprint density at radius 3 is 2.71 bits per heavy atom. The summed E-state index contributed by atoms with van der Waals surface area (Å²) < 4.78 is 4.97. The second-order valence-electron chi connectivity index (χ2n) is 5.88.